The number of carboxylic acid groups (broad SMARTS) is 1. The van der Waals surface area contributed by atoms with Crippen molar-refractivity contribution in [1.29, 1.82) is 0 Å². The molecule has 1 aliphatic rings. The molecule has 0 spiro atoms. The number of aromatic carboxylic acids is 1. The minimum Gasteiger partial charge on any atom is -0.478 e. The van der Waals surface area contributed by atoms with Crippen LogP contribution in [0.3, 0.4) is 0 Å². The molecule has 116 valence electrons. The zero-order chi connectivity index (χ0) is 15.2. The molecule has 0 aromatic heterocycles. The average molecular weight is 290 g/mol. The van der Waals surface area contributed by atoms with Crippen LogP contribution in [0.1, 0.15) is 35.7 Å². The molecule has 4 heteroatoms. The van der Waals surface area contributed by atoms with Crippen LogP contribution in [0.25, 0.3) is 0 Å². The van der Waals surface area contributed by atoms with E-state index in [0.717, 1.165) is 18.7 Å². The van der Waals surface area contributed by atoms with Gasteiger partial charge in [0.25, 0.3) is 0 Å². The van der Waals surface area contributed by atoms with Crippen LogP contribution >= 0.6 is 0 Å². The van der Waals surface area contributed by atoms with E-state index < -0.39 is 5.97 Å². The van der Waals surface area contributed by atoms with Crippen molar-refractivity contribution in [1.82, 2.24) is 9.80 Å². The predicted octanol–water partition coefficient (Wildman–Crippen LogP) is 2.55. The molecule has 1 aliphatic heterocycles. The van der Waals surface area contributed by atoms with E-state index in [4.69, 9.17) is 5.11 Å². The molecule has 0 bridgehead atoms. The van der Waals surface area contributed by atoms with Gasteiger partial charge >= 0.3 is 5.97 Å². The molecule has 1 fully saturated rings. The molecule has 0 aliphatic carbocycles. The fourth-order valence-electron chi connectivity index (χ4n) is 3.17. The molecule has 1 saturated heterocycles. The third-order valence-corrected chi connectivity index (χ3v) is 4.02. The first-order valence-electron chi connectivity index (χ1n) is 7.77. The Balaban J connectivity index is 1.81. The van der Waals surface area contributed by atoms with Gasteiger partial charge in [-0.1, -0.05) is 19.1 Å². The van der Waals surface area contributed by atoms with E-state index >= 15 is 0 Å². The Morgan fingerprint density at radius 2 is 2.10 bits per heavy atom. The lowest BCUT2D eigenvalue weighted by Gasteiger charge is -2.25. The minimum atomic E-state index is -0.859. The van der Waals surface area contributed by atoms with Crippen LogP contribution in [0.4, 0.5) is 0 Å². The summed E-state index contributed by atoms with van der Waals surface area (Å²) >= 11 is 0. The highest BCUT2D eigenvalue weighted by atomic mass is 16.4. The van der Waals surface area contributed by atoms with Gasteiger partial charge in [-0.25, -0.2) is 4.79 Å². The van der Waals surface area contributed by atoms with Gasteiger partial charge in [-0.3, -0.25) is 0 Å². The third-order valence-electron chi connectivity index (χ3n) is 4.02. The number of benzene rings is 1. The Morgan fingerprint density at radius 3 is 2.76 bits per heavy atom. The first-order valence-corrected chi connectivity index (χ1v) is 7.77. The minimum absolute atomic E-state index is 0.367. The van der Waals surface area contributed by atoms with E-state index in [1.807, 2.05) is 12.1 Å². The molecular weight excluding hydrogens is 264 g/mol. The smallest absolute Gasteiger partial charge is 0.335 e. The lowest BCUT2D eigenvalue weighted by molar-refractivity contribution is 0.0696. The second-order valence-corrected chi connectivity index (χ2v) is 6.32. The van der Waals surface area contributed by atoms with Gasteiger partial charge in [0.05, 0.1) is 5.56 Å². The van der Waals surface area contributed by atoms with E-state index in [2.05, 4.69) is 23.8 Å². The Morgan fingerprint density at radius 1 is 1.38 bits per heavy atom. The topological polar surface area (TPSA) is 43.8 Å². The van der Waals surface area contributed by atoms with E-state index in [1.54, 1.807) is 12.1 Å². The predicted molar refractivity (Wildman–Crippen MR) is 84.6 cm³/mol. The molecule has 21 heavy (non-hydrogen) atoms. The van der Waals surface area contributed by atoms with Crippen LogP contribution in [-0.2, 0) is 6.54 Å². The van der Waals surface area contributed by atoms with Gasteiger partial charge in [0.15, 0.2) is 0 Å². The van der Waals surface area contributed by atoms with Crippen molar-refractivity contribution < 1.29 is 9.90 Å². The van der Waals surface area contributed by atoms with Gasteiger partial charge in [0, 0.05) is 19.6 Å². The van der Waals surface area contributed by atoms with Gasteiger partial charge in [0.1, 0.15) is 0 Å². The number of hydrogen-bond acceptors (Lipinski definition) is 3. The lowest BCUT2D eigenvalue weighted by Crippen LogP contribution is -2.32. The van der Waals surface area contributed by atoms with E-state index in [1.165, 1.54) is 32.5 Å². The van der Waals surface area contributed by atoms with Crippen molar-refractivity contribution in [2.75, 3.05) is 33.2 Å². The van der Waals surface area contributed by atoms with Gasteiger partial charge in [0.2, 0.25) is 0 Å². The van der Waals surface area contributed by atoms with Crippen molar-refractivity contribution in [3.63, 3.8) is 0 Å². The number of rotatable bonds is 7. The first-order chi connectivity index (χ1) is 10.0. The number of nitrogens with zero attached hydrogens (tertiary/aromatic N) is 2. The molecule has 0 unspecified atom stereocenters. The van der Waals surface area contributed by atoms with Crippen molar-refractivity contribution in [2.24, 2.45) is 5.92 Å². The summed E-state index contributed by atoms with van der Waals surface area (Å²) in [5.74, 6) is -0.224. The Hall–Kier alpha value is -1.39. The zero-order valence-corrected chi connectivity index (χ0v) is 13.1. The van der Waals surface area contributed by atoms with Crippen LogP contribution in [0.15, 0.2) is 24.3 Å². The maximum atomic E-state index is 11.0. The Kier molecular flexibility index (Phi) is 5.76. The summed E-state index contributed by atoms with van der Waals surface area (Å²) in [4.78, 5) is 15.8. The highest BCUT2D eigenvalue weighted by molar-refractivity contribution is 5.87. The summed E-state index contributed by atoms with van der Waals surface area (Å²) in [5.41, 5.74) is 1.43. The molecule has 0 radical (unpaired) electrons. The zero-order valence-electron chi connectivity index (χ0n) is 13.1. The molecule has 1 aromatic carbocycles. The summed E-state index contributed by atoms with van der Waals surface area (Å²) in [6.45, 7) is 7.78. The number of hydrogen-bond donors (Lipinski definition) is 1. The van der Waals surface area contributed by atoms with E-state index in [9.17, 15) is 4.79 Å². The van der Waals surface area contributed by atoms with E-state index in [-0.39, 0.29) is 0 Å². The second kappa shape index (κ2) is 7.57. The molecule has 0 amide bonds. The summed E-state index contributed by atoms with van der Waals surface area (Å²) in [6.07, 6.45) is 2.68. The molecule has 1 atom stereocenters. The van der Waals surface area contributed by atoms with Crippen LogP contribution in [-0.4, -0.2) is 54.1 Å². The van der Waals surface area contributed by atoms with Crippen molar-refractivity contribution in [2.45, 2.75) is 26.3 Å². The fourth-order valence-corrected chi connectivity index (χ4v) is 3.17. The fraction of sp³-hybridized carbons (Fsp3) is 0.588. The first kappa shape index (κ1) is 16.0. The van der Waals surface area contributed by atoms with Crippen LogP contribution < -0.4 is 0 Å². The quantitative estimate of drug-likeness (QED) is 0.838. The summed E-state index contributed by atoms with van der Waals surface area (Å²) in [6, 6.07) is 7.22. The molecule has 1 aromatic rings. The van der Waals surface area contributed by atoms with Crippen molar-refractivity contribution in [3.8, 4) is 0 Å². The third kappa shape index (κ3) is 5.14. The van der Waals surface area contributed by atoms with Crippen molar-refractivity contribution >= 4 is 5.97 Å². The normalized spacial score (nSPS) is 17.3. The van der Waals surface area contributed by atoms with Crippen molar-refractivity contribution in [3.05, 3.63) is 35.4 Å². The summed E-state index contributed by atoms with van der Waals surface area (Å²) < 4.78 is 0. The molecular formula is C17H26N2O2. The van der Waals surface area contributed by atoms with Gasteiger partial charge in [-0.2, -0.15) is 0 Å². The standard InChI is InChI=1S/C17H26N2O2/c1-14(12-19-8-3-4-9-19)11-18(2)13-15-6-5-7-16(10-15)17(20)21/h5-7,10,14H,3-4,8-9,11-13H2,1-2H3,(H,20,21)/t14-/m1/s1. The SMILES string of the molecule is C[C@H](CN(C)Cc1cccc(C(=O)O)c1)CN1CCCC1. The highest BCUT2D eigenvalue weighted by Crippen LogP contribution is 2.13. The maximum absolute atomic E-state index is 11.0. The Labute approximate surface area is 127 Å². The Bertz CT molecular complexity index is 470. The van der Waals surface area contributed by atoms with Crippen LogP contribution in [0, 0.1) is 5.92 Å². The molecule has 4 nitrogen and oxygen atoms in total. The number of likely N-dealkylation sites (tertiary alicyclic amines) is 1. The highest BCUT2D eigenvalue weighted by Gasteiger charge is 2.16. The largest absolute Gasteiger partial charge is 0.478 e. The second-order valence-electron chi connectivity index (χ2n) is 6.32. The molecule has 1 heterocycles. The number of carboxylic acids is 1. The molecule has 1 N–H and O–H groups in total. The van der Waals surface area contributed by atoms with Crippen LogP contribution in [0.2, 0.25) is 0 Å². The molecule has 2 rings (SSSR count). The number of carbonyl (C=O) groups is 1. The van der Waals surface area contributed by atoms with Gasteiger partial charge < -0.3 is 14.9 Å². The summed E-state index contributed by atoms with van der Waals surface area (Å²) in [7, 11) is 2.11. The van der Waals surface area contributed by atoms with Gasteiger partial charge in [-0.15, -0.1) is 0 Å². The lowest BCUT2D eigenvalue weighted by atomic mass is 10.1. The average Bonchev–Trinajstić information content (AvgIpc) is 2.91. The molecule has 0 saturated carbocycles. The van der Waals surface area contributed by atoms with Gasteiger partial charge in [-0.05, 0) is 56.6 Å². The maximum Gasteiger partial charge on any atom is 0.335 e. The van der Waals surface area contributed by atoms with E-state index in [0.29, 0.717) is 11.5 Å². The summed E-state index contributed by atoms with van der Waals surface area (Å²) in [5, 5.41) is 9.03. The monoisotopic (exact) mass is 290 g/mol. The van der Waals surface area contributed by atoms with Crippen LogP contribution in [0.5, 0.6) is 0 Å².